The number of hydrogen-bond donors (Lipinski definition) is 0. The molecule has 0 spiro atoms. The molecule has 0 fully saturated rings. The molecule has 2 nitrogen and oxygen atoms in total. The smallest absolute Gasteiger partial charge is 0.0782 e. The molecule has 0 aliphatic carbocycles. The first-order chi connectivity index (χ1) is 6.77. The maximum Gasteiger partial charge on any atom is 0.0782 e. The van der Waals surface area contributed by atoms with Crippen LogP contribution in [0.2, 0.25) is 0 Å². The third-order valence-electron chi connectivity index (χ3n) is 3.20. The van der Waals surface area contributed by atoms with E-state index in [0.29, 0.717) is 0 Å². The summed E-state index contributed by atoms with van der Waals surface area (Å²) >= 11 is 0. The van der Waals surface area contributed by atoms with Gasteiger partial charge < -0.3 is 8.97 Å². The molecule has 0 radical (unpaired) electrons. The summed E-state index contributed by atoms with van der Waals surface area (Å²) in [6, 6.07) is 0. The lowest BCUT2D eigenvalue weighted by atomic mass is 10.1. The number of hydrogen-bond acceptors (Lipinski definition) is 0. The molecule has 0 amide bonds. The van der Waals surface area contributed by atoms with E-state index in [9.17, 15) is 0 Å². The summed E-state index contributed by atoms with van der Waals surface area (Å²) in [6.07, 6.45) is 5.57. The van der Waals surface area contributed by atoms with Crippen LogP contribution in [0.4, 0.5) is 0 Å². The summed E-state index contributed by atoms with van der Waals surface area (Å²) in [5.41, 5.74) is 0. The Balaban J connectivity index is 3.33. The highest BCUT2D eigenvalue weighted by atomic mass is 15.3. The first-order valence-corrected chi connectivity index (χ1v) is 6.39. The number of unbranched alkanes of at least 4 members (excludes halogenated alkanes) is 3. The van der Waals surface area contributed by atoms with Crippen molar-refractivity contribution in [3.63, 3.8) is 0 Å². The molecule has 0 rings (SSSR count). The van der Waals surface area contributed by atoms with Crippen LogP contribution in [0.1, 0.15) is 32.6 Å². The molecule has 0 aliphatic heterocycles. The van der Waals surface area contributed by atoms with Gasteiger partial charge in [-0.2, -0.15) is 0 Å². The first-order valence-electron chi connectivity index (χ1n) is 6.39. The normalized spacial score (nSPS) is 13.2. The lowest BCUT2D eigenvalue weighted by Crippen LogP contribution is -2.39. The fourth-order valence-corrected chi connectivity index (χ4v) is 1.64. The minimum absolute atomic E-state index is 1.11. The molecule has 0 aromatic carbocycles. The molecule has 0 unspecified atom stereocenters. The Labute approximate surface area is 97.1 Å². The molecule has 2 heteroatoms. The second-order valence-electron chi connectivity index (χ2n) is 6.40. The number of quaternary nitrogens is 2. The number of nitrogens with zero attached hydrogens (tertiary/aromatic N) is 2. The molecule has 15 heavy (non-hydrogen) atoms. The van der Waals surface area contributed by atoms with E-state index in [0.717, 1.165) is 4.48 Å². The zero-order valence-corrected chi connectivity index (χ0v) is 11.8. The third-order valence-corrected chi connectivity index (χ3v) is 3.20. The van der Waals surface area contributed by atoms with Gasteiger partial charge in [-0.1, -0.05) is 0 Å². The monoisotopic (exact) mass is 216 g/mol. The molecule has 0 saturated heterocycles. The van der Waals surface area contributed by atoms with Gasteiger partial charge in [-0.15, -0.1) is 0 Å². The predicted molar refractivity (Wildman–Crippen MR) is 68.9 cm³/mol. The van der Waals surface area contributed by atoms with Crippen LogP contribution in [0.25, 0.3) is 0 Å². The standard InChI is InChI=1S/C13H32N2/c1-7-15(5,6)13-11-9-8-10-12-14(2,3)4/h7-13H2,1-6H3/q+2. The lowest BCUT2D eigenvalue weighted by Gasteiger charge is -2.28. The molecule has 0 atom stereocenters. The quantitative estimate of drug-likeness (QED) is 0.431. The molecule has 0 aliphatic rings. The summed E-state index contributed by atoms with van der Waals surface area (Å²) in [5.74, 6) is 0. The van der Waals surface area contributed by atoms with Gasteiger partial charge in [-0.3, -0.25) is 0 Å². The van der Waals surface area contributed by atoms with Crippen LogP contribution in [-0.2, 0) is 0 Å². The fraction of sp³-hybridized carbons (Fsp3) is 1.00. The van der Waals surface area contributed by atoms with Gasteiger partial charge in [0.05, 0.1) is 54.9 Å². The zero-order chi connectivity index (χ0) is 11.9. The molecule has 0 aromatic heterocycles. The van der Waals surface area contributed by atoms with Gasteiger partial charge in [0.2, 0.25) is 0 Å². The van der Waals surface area contributed by atoms with E-state index in [1.54, 1.807) is 0 Å². The van der Waals surface area contributed by atoms with E-state index in [1.165, 1.54) is 49.8 Å². The van der Waals surface area contributed by atoms with Gasteiger partial charge in [0.1, 0.15) is 0 Å². The summed E-state index contributed by atoms with van der Waals surface area (Å²) in [5, 5.41) is 0. The lowest BCUT2D eigenvalue weighted by molar-refractivity contribution is -0.888. The van der Waals surface area contributed by atoms with Crippen molar-refractivity contribution in [2.75, 3.05) is 54.9 Å². The Morgan fingerprint density at radius 2 is 1.13 bits per heavy atom. The van der Waals surface area contributed by atoms with Crippen molar-refractivity contribution in [3.8, 4) is 0 Å². The molecule has 0 aromatic rings. The van der Waals surface area contributed by atoms with Gasteiger partial charge in [0.15, 0.2) is 0 Å². The van der Waals surface area contributed by atoms with Gasteiger partial charge in [-0.25, -0.2) is 0 Å². The van der Waals surface area contributed by atoms with E-state index >= 15 is 0 Å². The van der Waals surface area contributed by atoms with Crippen molar-refractivity contribution in [1.82, 2.24) is 0 Å². The molecule has 0 bridgehead atoms. The first kappa shape index (κ1) is 14.9. The maximum absolute atomic E-state index is 2.33. The fourth-order valence-electron chi connectivity index (χ4n) is 1.64. The molecule has 0 saturated carbocycles. The highest BCUT2D eigenvalue weighted by molar-refractivity contribution is 4.43. The molecule has 0 heterocycles. The summed E-state index contributed by atoms with van der Waals surface area (Å²) < 4.78 is 2.28. The highest BCUT2D eigenvalue weighted by Crippen LogP contribution is 2.06. The zero-order valence-electron chi connectivity index (χ0n) is 11.8. The van der Waals surface area contributed by atoms with E-state index in [4.69, 9.17) is 0 Å². The Morgan fingerprint density at radius 3 is 1.53 bits per heavy atom. The summed E-state index contributed by atoms with van der Waals surface area (Å²) in [4.78, 5) is 0. The molecule has 0 N–H and O–H groups in total. The van der Waals surface area contributed by atoms with Crippen molar-refractivity contribution < 1.29 is 8.97 Å². The van der Waals surface area contributed by atoms with Crippen LogP contribution in [0.5, 0.6) is 0 Å². The third kappa shape index (κ3) is 10.2. The van der Waals surface area contributed by atoms with E-state index in [2.05, 4.69) is 42.2 Å². The van der Waals surface area contributed by atoms with Gasteiger partial charge in [0, 0.05) is 0 Å². The average molecular weight is 216 g/mol. The van der Waals surface area contributed by atoms with E-state index in [-0.39, 0.29) is 0 Å². The van der Waals surface area contributed by atoms with E-state index < -0.39 is 0 Å². The van der Waals surface area contributed by atoms with Crippen LogP contribution in [0.3, 0.4) is 0 Å². The average Bonchev–Trinajstić information content (AvgIpc) is 2.09. The van der Waals surface area contributed by atoms with Crippen LogP contribution in [-0.4, -0.2) is 63.8 Å². The van der Waals surface area contributed by atoms with Crippen molar-refractivity contribution in [2.24, 2.45) is 0 Å². The van der Waals surface area contributed by atoms with Crippen LogP contribution in [0, 0.1) is 0 Å². The van der Waals surface area contributed by atoms with Crippen LogP contribution < -0.4 is 0 Å². The molecular formula is C13H32N2+2. The summed E-state index contributed by atoms with van der Waals surface area (Å²) in [6.45, 7) is 6.17. The van der Waals surface area contributed by atoms with Crippen molar-refractivity contribution in [1.29, 1.82) is 0 Å². The Kier molecular flexibility index (Phi) is 6.46. The predicted octanol–water partition coefficient (Wildman–Crippen LogP) is 2.35. The Morgan fingerprint density at radius 1 is 0.667 bits per heavy atom. The van der Waals surface area contributed by atoms with Gasteiger partial charge in [0.25, 0.3) is 0 Å². The largest absolute Gasteiger partial charge is 0.331 e. The Hall–Kier alpha value is -0.0800. The maximum atomic E-state index is 2.33. The second-order valence-corrected chi connectivity index (χ2v) is 6.40. The van der Waals surface area contributed by atoms with Crippen LogP contribution >= 0.6 is 0 Å². The SMILES string of the molecule is CC[N+](C)(C)CCCCCC[N+](C)(C)C. The van der Waals surface area contributed by atoms with Crippen molar-refractivity contribution in [3.05, 3.63) is 0 Å². The highest BCUT2D eigenvalue weighted by Gasteiger charge is 2.10. The van der Waals surface area contributed by atoms with Crippen molar-refractivity contribution >= 4 is 0 Å². The minimum atomic E-state index is 1.11. The van der Waals surface area contributed by atoms with E-state index in [1.807, 2.05) is 0 Å². The van der Waals surface area contributed by atoms with Gasteiger partial charge in [-0.05, 0) is 32.6 Å². The second kappa shape index (κ2) is 6.49. The van der Waals surface area contributed by atoms with Crippen molar-refractivity contribution in [2.45, 2.75) is 32.6 Å². The molecular weight excluding hydrogens is 184 g/mol. The Bertz CT molecular complexity index is 156. The minimum Gasteiger partial charge on any atom is -0.331 e. The van der Waals surface area contributed by atoms with Gasteiger partial charge >= 0.3 is 0 Å². The summed E-state index contributed by atoms with van der Waals surface area (Å²) in [7, 11) is 11.5. The molecule has 92 valence electrons. The van der Waals surface area contributed by atoms with Crippen LogP contribution in [0.15, 0.2) is 0 Å². The number of rotatable bonds is 8. The topological polar surface area (TPSA) is 0 Å².